The van der Waals surface area contributed by atoms with E-state index in [0.29, 0.717) is 17.2 Å². The average molecular weight is 256 g/mol. The van der Waals surface area contributed by atoms with Crippen molar-refractivity contribution in [2.45, 2.75) is 76.8 Å². The molecule has 1 rings (SSSR count). The molecule has 0 aromatic heterocycles. The summed E-state index contributed by atoms with van der Waals surface area (Å²) >= 11 is 0. The molecule has 0 heterocycles. The first kappa shape index (κ1) is 14.8. The maximum Gasteiger partial charge on any atom is 0.192 e. The molecular formula is C14H28O2Si. The van der Waals surface area contributed by atoms with Crippen LogP contribution in [0.1, 0.15) is 46.5 Å². The second-order valence-electron chi connectivity index (χ2n) is 6.58. The summed E-state index contributed by atoms with van der Waals surface area (Å²) in [6.45, 7) is 15.2. The Morgan fingerprint density at radius 3 is 1.94 bits per heavy atom. The summed E-state index contributed by atoms with van der Waals surface area (Å²) in [6.07, 6.45) is 6.85. The van der Waals surface area contributed by atoms with Crippen LogP contribution in [-0.2, 0) is 9.16 Å². The van der Waals surface area contributed by atoms with Crippen molar-refractivity contribution in [3.63, 3.8) is 0 Å². The van der Waals surface area contributed by atoms with Crippen LogP contribution in [0, 0.1) is 0 Å². The molecule has 0 amide bonds. The van der Waals surface area contributed by atoms with E-state index in [0.717, 1.165) is 25.7 Å². The summed E-state index contributed by atoms with van der Waals surface area (Å²) in [5.41, 5.74) is 0. The Morgan fingerprint density at radius 2 is 1.53 bits per heavy atom. The third-order valence-electron chi connectivity index (χ3n) is 4.18. The molecule has 2 nitrogen and oxygen atoms in total. The summed E-state index contributed by atoms with van der Waals surface area (Å²) in [5.74, 6) is 0. The molecule has 0 aromatic carbocycles. The highest BCUT2D eigenvalue weighted by atomic mass is 28.4. The van der Waals surface area contributed by atoms with Crippen LogP contribution < -0.4 is 0 Å². The van der Waals surface area contributed by atoms with Gasteiger partial charge in [-0.05, 0) is 43.8 Å². The molecule has 1 aliphatic rings. The van der Waals surface area contributed by atoms with E-state index in [9.17, 15) is 0 Å². The second kappa shape index (κ2) is 5.57. The highest BCUT2D eigenvalue weighted by molar-refractivity contribution is 6.74. The SMILES string of the molecule is C=COC1CCC(O[Si](C)(C)C(C)(C)C)CC1. The molecule has 1 aliphatic carbocycles. The third kappa shape index (κ3) is 4.14. The van der Waals surface area contributed by atoms with E-state index >= 15 is 0 Å². The predicted octanol–water partition coefficient (Wildman–Crippen LogP) is 4.48. The van der Waals surface area contributed by atoms with Gasteiger partial charge >= 0.3 is 0 Å². The van der Waals surface area contributed by atoms with Crippen LogP contribution >= 0.6 is 0 Å². The molecule has 0 unspecified atom stereocenters. The second-order valence-corrected chi connectivity index (χ2v) is 11.3. The lowest BCUT2D eigenvalue weighted by atomic mass is 9.95. The Labute approximate surface area is 108 Å². The molecule has 3 heteroatoms. The van der Waals surface area contributed by atoms with Gasteiger partial charge in [0.1, 0.15) is 0 Å². The molecule has 0 bridgehead atoms. The van der Waals surface area contributed by atoms with E-state index in [1.807, 2.05) is 0 Å². The standard InChI is InChI=1S/C14H28O2Si/c1-7-15-12-8-10-13(11-9-12)16-17(5,6)14(2,3)4/h7,12-13H,1,8-11H2,2-6H3. The fraction of sp³-hybridized carbons (Fsp3) is 0.857. The first-order valence-corrected chi connectivity index (χ1v) is 9.61. The van der Waals surface area contributed by atoms with Gasteiger partial charge in [-0.15, -0.1) is 0 Å². The zero-order valence-corrected chi connectivity index (χ0v) is 13.1. The van der Waals surface area contributed by atoms with Crippen molar-refractivity contribution in [2.24, 2.45) is 0 Å². The van der Waals surface area contributed by atoms with Gasteiger partial charge in [0.2, 0.25) is 0 Å². The van der Waals surface area contributed by atoms with Crippen molar-refractivity contribution < 1.29 is 9.16 Å². The molecule has 0 atom stereocenters. The van der Waals surface area contributed by atoms with E-state index in [4.69, 9.17) is 9.16 Å². The van der Waals surface area contributed by atoms with Gasteiger partial charge in [-0.2, -0.15) is 0 Å². The average Bonchev–Trinajstić information content (AvgIpc) is 2.19. The van der Waals surface area contributed by atoms with Gasteiger partial charge in [-0.3, -0.25) is 0 Å². The first-order chi connectivity index (χ1) is 7.76. The Hall–Kier alpha value is -0.283. The summed E-state index contributed by atoms with van der Waals surface area (Å²) in [5, 5.41) is 0.307. The Balaban J connectivity index is 2.43. The Morgan fingerprint density at radius 1 is 1.06 bits per heavy atom. The van der Waals surface area contributed by atoms with Gasteiger partial charge in [0, 0.05) is 6.10 Å². The van der Waals surface area contributed by atoms with Gasteiger partial charge in [0.25, 0.3) is 0 Å². The van der Waals surface area contributed by atoms with Gasteiger partial charge in [0.05, 0.1) is 12.4 Å². The smallest absolute Gasteiger partial charge is 0.192 e. The van der Waals surface area contributed by atoms with Crippen LogP contribution in [0.5, 0.6) is 0 Å². The van der Waals surface area contributed by atoms with Crippen LogP contribution in [0.4, 0.5) is 0 Å². The normalized spacial score (nSPS) is 26.6. The molecule has 100 valence electrons. The van der Waals surface area contributed by atoms with E-state index in [1.165, 1.54) is 0 Å². The lowest BCUT2D eigenvalue weighted by Crippen LogP contribution is -2.45. The van der Waals surface area contributed by atoms with Crippen LogP contribution in [0.2, 0.25) is 18.1 Å². The van der Waals surface area contributed by atoms with Gasteiger partial charge in [-0.1, -0.05) is 27.4 Å². The van der Waals surface area contributed by atoms with Crippen LogP contribution in [0.25, 0.3) is 0 Å². The fourth-order valence-electron chi connectivity index (χ4n) is 2.02. The highest BCUT2D eigenvalue weighted by Gasteiger charge is 2.39. The van der Waals surface area contributed by atoms with Crippen molar-refractivity contribution >= 4 is 8.32 Å². The lowest BCUT2D eigenvalue weighted by Gasteiger charge is -2.41. The Kier molecular flexibility index (Phi) is 4.84. The minimum absolute atomic E-state index is 0.307. The van der Waals surface area contributed by atoms with E-state index in [2.05, 4.69) is 40.4 Å². The zero-order valence-electron chi connectivity index (χ0n) is 12.1. The molecule has 0 aromatic rings. The van der Waals surface area contributed by atoms with E-state index in [1.54, 1.807) is 6.26 Å². The topological polar surface area (TPSA) is 18.5 Å². The lowest BCUT2D eigenvalue weighted by molar-refractivity contribution is 0.0493. The van der Waals surface area contributed by atoms with Crippen molar-refractivity contribution in [1.82, 2.24) is 0 Å². The molecule has 1 fully saturated rings. The molecule has 0 aliphatic heterocycles. The van der Waals surface area contributed by atoms with Crippen LogP contribution in [0.3, 0.4) is 0 Å². The summed E-state index contributed by atoms with van der Waals surface area (Å²) in [7, 11) is -1.59. The number of hydrogen-bond acceptors (Lipinski definition) is 2. The predicted molar refractivity (Wildman–Crippen MR) is 75.6 cm³/mol. The fourth-order valence-corrected chi connectivity index (χ4v) is 3.44. The monoisotopic (exact) mass is 256 g/mol. The minimum atomic E-state index is -1.59. The van der Waals surface area contributed by atoms with Crippen LogP contribution in [0.15, 0.2) is 12.8 Å². The van der Waals surface area contributed by atoms with Crippen molar-refractivity contribution in [1.29, 1.82) is 0 Å². The Bertz CT molecular complexity index is 247. The highest BCUT2D eigenvalue weighted by Crippen LogP contribution is 2.39. The first-order valence-electron chi connectivity index (χ1n) is 6.70. The third-order valence-corrected chi connectivity index (χ3v) is 8.71. The molecule has 0 spiro atoms. The van der Waals surface area contributed by atoms with Crippen molar-refractivity contribution in [3.8, 4) is 0 Å². The quantitative estimate of drug-likeness (QED) is 0.545. The minimum Gasteiger partial charge on any atom is -0.499 e. The van der Waals surface area contributed by atoms with Crippen molar-refractivity contribution in [3.05, 3.63) is 12.8 Å². The molecule has 1 saturated carbocycles. The number of ether oxygens (including phenoxy) is 1. The molecule has 0 radical (unpaired) electrons. The van der Waals surface area contributed by atoms with Crippen LogP contribution in [-0.4, -0.2) is 20.5 Å². The zero-order chi connectivity index (χ0) is 13.1. The summed E-state index contributed by atoms with van der Waals surface area (Å²) in [4.78, 5) is 0. The summed E-state index contributed by atoms with van der Waals surface area (Å²) in [6, 6.07) is 0. The molecular weight excluding hydrogens is 228 g/mol. The number of rotatable bonds is 4. The van der Waals surface area contributed by atoms with Gasteiger partial charge < -0.3 is 9.16 Å². The maximum atomic E-state index is 6.43. The van der Waals surface area contributed by atoms with Gasteiger partial charge in [-0.25, -0.2) is 0 Å². The molecule has 17 heavy (non-hydrogen) atoms. The van der Waals surface area contributed by atoms with E-state index < -0.39 is 8.32 Å². The van der Waals surface area contributed by atoms with Crippen molar-refractivity contribution in [2.75, 3.05) is 0 Å². The molecule has 0 N–H and O–H groups in total. The maximum absolute atomic E-state index is 6.43. The molecule has 0 saturated heterocycles. The summed E-state index contributed by atoms with van der Waals surface area (Å²) < 4.78 is 11.9. The van der Waals surface area contributed by atoms with E-state index in [-0.39, 0.29) is 0 Å². The van der Waals surface area contributed by atoms with Gasteiger partial charge in [0.15, 0.2) is 8.32 Å². The largest absolute Gasteiger partial charge is 0.499 e. The number of hydrogen-bond donors (Lipinski definition) is 0.